The molecule has 2 atom stereocenters. The van der Waals surface area contributed by atoms with Gasteiger partial charge in [0.15, 0.2) is 0 Å². The number of nitrogens with zero attached hydrogens (tertiary/aromatic N) is 1. The van der Waals surface area contributed by atoms with Crippen LogP contribution in [0, 0.1) is 0 Å². The molecule has 0 bridgehead atoms. The average molecular weight is 274 g/mol. The first-order valence-electron chi connectivity index (χ1n) is 7.41. The summed E-state index contributed by atoms with van der Waals surface area (Å²) in [4.78, 5) is 14.7. The molecule has 0 aromatic heterocycles. The molecule has 1 fully saturated rings. The van der Waals surface area contributed by atoms with Gasteiger partial charge in [0.05, 0.1) is 12.2 Å². The highest BCUT2D eigenvalue weighted by Gasteiger charge is 2.28. The fourth-order valence-electron chi connectivity index (χ4n) is 3.23. The molecule has 2 aliphatic rings. The second-order valence-electron chi connectivity index (χ2n) is 5.84. The summed E-state index contributed by atoms with van der Waals surface area (Å²) in [6, 6.07) is 6.10. The lowest BCUT2D eigenvalue weighted by molar-refractivity contribution is -0.0586. The highest BCUT2D eigenvalue weighted by Crippen LogP contribution is 2.22. The number of morpholine rings is 1. The fraction of sp³-hybridized carbons (Fsp3) is 0.562. The largest absolute Gasteiger partial charge is 0.372 e. The number of nitrogens with one attached hydrogen (secondary N) is 1. The monoisotopic (exact) mass is 274 g/mol. The maximum Gasteiger partial charge on any atom is 0.254 e. The van der Waals surface area contributed by atoms with Crippen molar-refractivity contribution in [3.05, 3.63) is 34.9 Å². The molecule has 0 saturated carbocycles. The lowest BCUT2D eigenvalue weighted by Crippen LogP contribution is -2.48. The van der Waals surface area contributed by atoms with E-state index in [0.29, 0.717) is 13.1 Å². The Kier molecular flexibility index (Phi) is 3.76. The van der Waals surface area contributed by atoms with E-state index in [-0.39, 0.29) is 18.1 Å². The molecule has 0 aliphatic carbocycles. The Labute approximate surface area is 120 Å². The molecular formula is C16H22N2O2. The van der Waals surface area contributed by atoms with E-state index in [4.69, 9.17) is 4.74 Å². The van der Waals surface area contributed by atoms with Crippen LogP contribution in [0.1, 0.15) is 35.3 Å². The molecule has 108 valence electrons. The molecule has 2 heterocycles. The van der Waals surface area contributed by atoms with Gasteiger partial charge in [-0.2, -0.15) is 0 Å². The van der Waals surface area contributed by atoms with Crippen LogP contribution in [0.15, 0.2) is 18.2 Å². The number of amides is 1. The van der Waals surface area contributed by atoms with Gasteiger partial charge in [0.1, 0.15) is 0 Å². The summed E-state index contributed by atoms with van der Waals surface area (Å²) in [7, 11) is 0. The molecular weight excluding hydrogens is 252 g/mol. The van der Waals surface area contributed by atoms with E-state index >= 15 is 0 Å². The molecule has 4 nitrogen and oxygen atoms in total. The summed E-state index contributed by atoms with van der Waals surface area (Å²) >= 11 is 0. The Hall–Kier alpha value is -1.39. The number of ether oxygens (including phenoxy) is 1. The van der Waals surface area contributed by atoms with E-state index in [1.807, 2.05) is 30.9 Å². The van der Waals surface area contributed by atoms with Gasteiger partial charge in [-0.25, -0.2) is 0 Å². The number of carbonyl (C=O) groups excluding carboxylic acids is 1. The Morgan fingerprint density at radius 2 is 2.05 bits per heavy atom. The van der Waals surface area contributed by atoms with Crippen molar-refractivity contribution in [2.45, 2.75) is 39.0 Å². The van der Waals surface area contributed by atoms with Gasteiger partial charge in [0, 0.05) is 25.2 Å². The number of hydrogen-bond donors (Lipinski definition) is 1. The Morgan fingerprint density at radius 3 is 2.80 bits per heavy atom. The fourth-order valence-corrected chi connectivity index (χ4v) is 3.23. The summed E-state index contributed by atoms with van der Waals surface area (Å²) < 4.78 is 5.71. The third kappa shape index (κ3) is 2.58. The summed E-state index contributed by atoms with van der Waals surface area (Å²) in [5, 5.41) is 3.36. The first-order valence-corrected chi connectivity index (χ1v) is 7.41. The molecule has 1 N–H and O–H groups in total. The zero-order chi connectivity index (χ0) is 14.1. The molecule has 1 aromatic carbocycles. The minimum Gasteiger partial charge on any atom is -0.372 e. The van der Waals surface area contributed by atoms with E-state index in [9.17, 15) is 4.79 Å². The van der Waals surface area contributed by atoms with Crippen LogP contribution >= 0.6 is 0 Å². The van der Waals surface area contributed by atoms with Crippen LogP contribution in [0.25, 0.3) is 0 Å². The second kappa shape index (κ2) is 5.54. The molecule has 4 heteroatoms. The van der Waals surface area contributed by atoms with Gasteiger partial charge in [-0.3, -0.25) is 4.79 Å². The van der Waals surface area contributed by atoms with Crippen LogP contribution in [0.3, 0.4) is 0 Å². The Morgan fingerprint density at radius 1 is 1.30 bits per heavy atom. The number of hydrogen-bond acceptors (Lipinski definition) is 3. The predicted molar refractivity (Wildman–Crippen MR) is 77.8 cm³/mol. The highest BCUT2D eigenvalue weighted by molar-refractivity contribution is 5.96. The van der Waals surface area contributed by atoms with Crippen molar-refractivity contribution in [3.63, 3.8) is 0 Å². The molecule has 2 aliphatic heterocycles. The van der Waals surface area contributed by atoms with E-state index in [1.165, 1.54) is 11.1 Å². The van der Waals surface area contributed by atoms with Crippen molar-refractivity contribution >= 4 is 5.91 Å². The van der Waals surface area contributed by atoms with Crippen molar-refractivity contribution in [1.82, 2.24) is 10.2 Å². The SMILES string of the molecule is CC1CN(C(=O)c2cccc3c2CNCC3)CC(C)O1. The minimum absolute atomic E-state index is 0.111. The minimum atomic E-state index is 0.111. The van der Waals surface area contributed by atoms with Gasteiger partial charge in [0.2, 0.25) is 0 Å². The van der Waals surface area contributed by atoms with E-state index in [2.05, 4.69) is 11.4 Å². The lowest BCUT2D eigenvalue weighted by Gasteiger charge is -2.36. The topological polar surface area (TPSA) is 41.6 Å². The van der Waals surface area contributed by atoms with E-state index in [1.54, 1.807) is 0 Å². The molecule has 2 unspecified atom stereocenters. The zero-order valence-electron chi connectivity index (χ0n) is 12.2. The van der Waals surface area contributed by atoms with Gasteiger partial charge in [-0.1, -0.05) is 12.1 Å². The third-order valence-corrected chi connectivity index (χ3v) is 4.08. The van der Waals surface area contributed by atoms with Crippen LogP contribution in [0.2, 0.25) is 0 Å². The zero-order valence-corrected chi connectivity index (χ0v) is 12.2. The van der Waals surface area contributed by atoms with Crippen LogP contribution in [-0.4, -0.2) is 42.6 Å². The molecule has 1 amide bonds. The smallest absolute Gasteiger partial charge is 0.254 e. The van der Waals surface area contributed by atoms with E-state index < -0.39 is 0 Å². The molecule has 0 radical (unpaired) electrons. The lowest BCUT2D eigenvalue weighted by atomic mass is 9.95. The third-order valence-electron chi connectivity index (χ3n) is 4.08. The molecule has 0 spiro atoms. The van der Waals surface area contributed by atoms with Gasteiger partial charge < -0.3 is 15.0 Å². The van der Waals surface area contributed by atoms with Crippen molar-refractivity contribution < 1.29 is 9.53 Å². The first kappa shape index (κ1) is 13.6. The van der Waals surface area contributed by atoms with Gasteiger partial charge in [0.25, 0.3) is 5.91 Å². The van der Waals surface area contributed by atoms with E-state index in [0.717, 1.165) is 25.1 Å². The van der Waals surface area contributed by atoms with Crippen molar-refractivity contribution in [3.8, 4) is 0 Å². The average Bonchev–Trinajstić information content (AvgIpc) is 2.45. The molecule has 1 aromatic rings. The molecule has 1 saturated heterocycles. The van der Waals surface area contributed by atoms with Gasteiger partial charge in [-0.05, 0) is 44.0 Å². The quantitative estimate of drug-likeness (QED) is 0.845. The number of rotatable bonds is 1. The van der Waals surface area contributed by atoms with Crippen LogP contribution in [0.5, 0.6) is 0 Å². The van der Waals surface area contributed by atoms with Crippen molar-refractivity contribution in [1.29, 1.82) is 0 Å². The number of fused-ring (bicyclic) bond motifs is 1. The Bertz CT molecular complexity index is 505. The second-order valence-corrected chi connectivity index (χ2v) is 5.84. The number of benzene rings is 1. The maximum atomic E-state index is 12.8. The van der Waals surface area contributed by atoms with Crippen LogP contribution in [-0.2, 0) is 17.7 Å². The van der Waals surface area contributed by atoms with Crippen molar-refractivity contribution in [2.75, 3.05) is 19.6 Å². The standard InChI is InChI=1S/C16H22N2O2/c1-11-9-18(10-12(2)20-11)16(19)14-5-3-4-13-6-7-17-8-15(13)14/h3-5,11-12,17H,6-10H2,1-2H3. The normalized spacial score (nSPS) is 26.2. The van der Waals surface area contributed by atoms with Crippen LogP contribution in [0.4, 0.5) is 0 Å². The molecule has 20 heavy (non-hydrogen) atoms. The predicted octanol–water partition coefficient (Wildman–Crippen LogP) is 1.58. The van der Waals surface area contributed by atoms with Gasteiger partial charge >= 0.3 is 0 Å². The number of carbonyl (C=O) groups is 1. The summed E-state index contributed by atoms with van der Waals surface area (Å²) in [5.74, 6) is 0.146. The maximum absolute atomic E-state index is 12.8. The summed E-state index contributed by atoms with van der Waals surface area (Å²) in [6.45, 7) is 7.21. The van der Waals surface area contributed by atoms with Gasteiger partial charge in [-0.15, -0.1) is 0 Å². The first-order chi connectivity index (χ1) is 9.65. The Balaban J connectivity index is 1.87. The van der Waals surface area contributed by atoms with Crippen LogP contribution < -0.4 is 5.32 Å². The summed E-state index contributed by atoms with van der Waals surface area (Å²) in [6.07, 6.45) is 1.23. The summed E-state index contributed by atoms with van der Waals surface area (Å²) in [5.41, 5.74) is 3.34. The van der Waals surface area contributed by atoms with Crippen molar-refractivity contribution in [2.24, 2.45) is 0 Å². The highest BCUT2D eigenvalue weighted by atomic mass is 16.5. The molecule has 3 rings (SSSR count).